The Morgan fingerprint density at radius 2 is 1.92 bits per heavy atom. The molecule has 0 fully saturated rings. The number of rotatable bonds is 5. The van der Waals surface area contributed by atoms with Crippen molar-refractivity contribution in [2.24, 2.45) is 0 Å². The third-order valence-corrected chi connectivity index (χ3v) is 4.21. The summed E-state index contributed by atoms with van der Waals surface area (Å²) in [7, 11) is 0. The van der Waals surface area contributed by atoms with Gasteiger partial charge in [0.05, 0.1) is 12.1 Å². The zero-order valence-corrected chi connectivity index (χ0v) is 14.3. The number of nitrogens with zero attached hydrogens (tertiary/aromatic N) is 2. The highest BCUT2D eigenvalue weighted by atomic mass is 79.9. The van der Waals surface area contributed by atoms with Gasteiger partial charge in [0.25, 0.3) is 5.91 Å². The van der Waals surface area contributed by atoms with E-state index < -0.39 is 0 Å². The van der Waals surface area contributed by atoms with E-state index in [0.717, 1.165) is 11.1 Å². The van der Waals surface area contributed by atoms with Gasteiger partial charge in [0.2, 0.25) is 0 Å². The molecule has 0 aliphatic rings. The molecule has 0 aliphatic carbocycles. The Balaban J connectivity index is 1.59. The maximum atomic E-state index is 13.1. The molecule has 0 radical (unpaired) electrons. The van der Waals surface area contributed by atoms with Crippen LogP contribution in [0.4, 0.5) is 4.39 Å². The van der Waals surface area contributed by atoms with E-state index in [0.29, 0.717) is 23.1 Å². The minimum absolute atomic E-state index is 0.248. The standard InChI is InChI=1S/C18H15BrFN3O/c19-17-10-15(20)6-7-16(17)18(24)21-11-13-2-4-14(5-3-13)12-23-9-1-8-22-23/h1-10H,11-12H2,(H,21,24). The van der Waals surface area contributed by atoms with E-state index in [2.05, 4.69) is 26.3 Å². The molecule has 0 bridgehead atoms. The van der Waals surface area contributed by atoms with Gasteiger partial charge in [0.1, 0.15) is 5.82 Å². The van der Waals surface area contributed by atoms with Crippen LogP contribution in [0.2, 0.25) is 0 Å². The zero-order valence-electron chi connectivity index (χ0n) is 12.7. The van der Waals surface area contributed by atoms with E-state index in [1.54, 1.807) is 6.20 Å². The molecule has 1 N–H and O–H groups in total. The molecule has 3 rings (SSSR count). The van der Waals surface area contributed by atoms with Crippen molar-refractivity contribution in [1.82, 2.24) is 15.1 Å². The van der Waals surface area contributed by atoms with Crippen molar-refractivity contribution in [2.45, 2.75) is 13.1 Å². The van der Waals surface area contributed by atoms with E-state index in [4.69, 9.17) is 0 Å². The van der Waals surface area contributed by atoms with Crippen LogP contribution in [-0.2, 0) is 13.1 Å². The number of nitrogens with one attached hydrogen (secondary N) is 1. The van der Waals surface area contributed by atoms with E-state index >= 15 is 0 Å². The molecule has 1 heterocycles. The van der Waals surface area contributed by atoms with Crippen molar-refractivity contribution in [3.05, 3.63) is 87.9 Å². The van der Waals surface area contributed by atoms with Crippen molar-refractivity contribution >= 4 is 21.8 Å². The molecule has 1 amide bonds. The minimum atomic E-state index is -0.383. The van der Waals surface area contributed by atoms with Gasteiger partial charge in [-0.15, -0.1) is 0 Å². The molecule has 0 saturated heterocycles. The minimum Gasteiger partial charge on any atom is -0.348 e. The predicted octanol–water partition coefficient (Wildman–Crippen LogP) is 3.76. The van der Waals surface area contributed by atoms with Crippen LogP contribution >= 0.6 is 15.9 Å². The third-order valence-electron chi connectivity index (χ3n) is 3.56. The molecule has 0 atom stereocenters. The lowest BCUT2D eigenvalue weighted by molar-refractivity contribution is 0.0950. The lowest BCUT2D eigenvalue weighted by Gasteiger charge is -2.08. The number of aromatic nitrogens is 2. The first-order valence-electron chi connectivity index (χ1n) is 7.40. The van der Waals surface area contributed by atoms with Crippen molar-refractivity contribution in [2.75, 3.05) is 0 Å². The summed E-state index contributed by atoms with van der Waals surface area (Å²) in [6, 6.07) is 13.9. The lowest BCUT2D eigenvalue weighted by atomic mass is 10.1. The molecule has 2 aromatic carbocycles. The summed E-state index contributed by atoms with van der Waals surface area (Å²) in [5, 5.41) is 7.00. The van der Waals surface area contributed by atoms with Crippen molar-refractivity contribution < 1.29 is 9.18 Å². The van der Waals surface area contributed by atoms with Gasteiger partial charge in [-0.05, 0) is 51.3 Å². The van der Waals surface area contributed by atoms with Gasteiger partial charge in [0, 0.05) is 23.4 Å². The molecule has 3 aromatic rings. The molecule has 122 valence electrons. The number of carbonyl (C=O) groups is 1. The second-order valence-corrected chi connectivity index (χ2v) is 6.18. The van der Waals surface area contributed by atoms with Crippen LogP contribution < -0.4 is 5.32 Å². The maximum Gasteiger partial charge on any atom is 0.252 e. The SMILES string of the molecule is O=C(NCc1ccc(Cn2cccn2)cc1)c1ccc(F)cc1Br. The van der Waals surface area contributed by atoms with Crippen LogP contribution in [0.15, 0.2) is 65.4 Å². The lowest BCUT2D eigenvalue weighted by Crippen LogP contribution is -2.23. The summed E-state index contributed by atoms with van der Waals surface area (Å²) in [6.45, 7) is 1.12. The second-order valence-electron chi connectivity index (χ2n) is 5.33. The van der Waals surface area contributed by atoms with Crippen LogP contribution in [0.5, 0.6) is 0 Å². The summed E-state index contributed by atoms with van der Waals surface area (Å²) in [4.78, 5) is 12.2. The highest BCUT2D eigenvalue weighted by Gasteiger charge is 2.10. The Morgan fingerprint density at radius 3 is 2.58 bits per heavy atom. The summed E-state index contributed by atoms with van der Waals surface area (Å²) < 4.78 is 15.4. The molecule has 0 unspecified atom stereocenters. The average Bonchev–Trinajstić information content (AvgIpc) is 3.07. The third kappa shape index (κ3) is 4.08. The van der Waals surface area contributed by atoms with Crippen LogP contribution in [-0.4, -0.2) is 15.7 Å². The molecule has 24 heavy (non-hydrogen) atoms. The van der Waals surface area contributed by atoms with E-state index in [9.17, 15) is 9.18 Å². The Kier molecular flexibility index (Phi) is 5.05. The fourth-order valence-corrected chi connectivity index (χ4v) is 2.83. The normalized spacial score (nSPS) is 10.6. The first-order chi connectivity index (χ1) is 11.6. The second kappa shape index (κ2) is 7.40. The predicted molar refractivity (Wildman–Crippen MR) is 93.0 cm³/mol. The fraction of sp³-hybridized carbons (Fsp3) is 0.111. The number of hydrogen-bond acceptors (Lipinski definition) is 2. The van der Waals surface area contributed by atoms with Crippen molar-refractivity contribution in [1.29, 1.82) is 0 Å². The van der Waals surface area contributed by atoms with Crippen LogP contribution in [0.25, 0.3) is 0 Å². The number of hydrogen-bond donors (Lipinski definition) is 1. The zero-order chi connectivity index (χ0) is 16.9. The Hall–Kier alpha value is -2.47. The summed E-state index contributed by atoms with van der Waals surface area (Å²) >= 11 is 3.20. The first kappa shape index (κ1) is 16.4. The molecule has 4 nitrogen and oxygen atoms in total. The van der Waals surface area contributed by atoms with Gasteiger partial charge < -0.3 is 5.32 Å². The Morgan fingerprint density at radius 1 is 1.17 bits per heavy atom. The van der Waals surface area contributed by atoms with Crippen molar-refractivity contribution in [3.8, 4) is 0 Å². The van der Waals surface area contributed by atoms with E-state index in [1.165, 1.54) is 18.2 Å². The quantitative estimate of drug-likeness (QED) is 0.724. The molecule has 6 heteroatoms. The van der Waals surface area contributed by atoms with Gasteiger partial charge in [0.15, 0.2) is 0 Å². The van der Waals surface area contributed by atoms with Gasteiger partial charge >= 0.3 is 0 Å². The number of halogens is 2. The molecule has 0 saturated carbocycles. The van der Waals surface area contributed by atoms with Crippen LogP contribution in [0, 0.1) is 5.82 Å². The highest BCUT2D eigenvalue weighted by Crippen LogP contribution is 2.18. The number of carbonyl (C=O) groups excluding carboxylic acids is 1. The van der Waals surface area contributed by atoms with Gasteiger partial charge in [-0.25, -0.2) is 4.39 Å². The molecular formula is C18H15BrFN3O. The molecular weight excluding hydrogens is 373 g/mol. The fourth-order valence-electron chi connectivity index (χ4n) is 2.29. The summed E-state index contributed by atoms with van der Waals surface area (Å²) in [6.07, 6.45) is 3.66. The highest BCUT2D eigenvalue weighted by molar-refractivity contribution is 9.10. The average molecular weight is 388 g/mol. The summed E-state index contributed by atoms with van der Waals surface area (Å²) in [5.74, 6) is -0.631. The van der Waals surface area contributed by atoms with Crippen LogP contribution in [0.3, 0.4) is 0 Å². The molecule has 0 aliphatic heterocycles. The van der Waals surface area contributed by atoms with E-state index in [-0.39, 0.29) is 11.7 Å². The topological polar surface area (TPSA) is 46.9 Å². The molecule has 1 aromatic heterocycles. The van der Waals surface area contributed by atoms with Crippen molar-refractivity contribution in [3.63, 3.8) is 0 Å². The maximum absolute atomic E-state index is 13.1. The molecule has 0 spiro atoms. The van der Waals surface area contributed by atoms with Gasteiger partial charge in [-0.1, -0.05) is 24.3 Å². The Bertz CT molecular complexity index is 832. The smallest absolute Gasteiger partial charge is 0.252 e. The Labute approximate surface area is 147 Å². The number of amides is 1. The first-order valence-corrected chi connectivity index (χ1v) is 8.19. The van der Waals surface area contributed by atoms with Gasteiger partial charge in [-0.3, -0.25) is 9.48 Å². The largest absolute Gasteiger partial charge is 0.348 e. The van der Waals surface area contributed by atoms with Crippen LogP contribution in [0.1, 0.15) is 21.5 Å². The monoisotopic (exact) mass is 387 g/mol. The van der Waals surface area contributed by atoms with Gasteiger partial charge in [-0.2, -0.15) is 5.10 Å². The summed E-state index contributed by atoms with van der Waals surface area (Å²) in [5.41, 5.74) is 2.53. The number of benzene rings is 2. The van der Waals surface area contributed by atoms with E-state index in [1.807, 2.05) is 41.2 Å².